The molecule has 0 fully saturated rings. The maximum Gasteiger partial charge on any atom is 0.0745 e. The van der Waals surface area contributed by atoms with E-state index < -0.39 is 0 Å². The number of anilines is 1. The summed E-state index contributed by atoms with van der Waals surface area (Å²) in [5.41, 5.74) is 14.6. The van der Waals surface area contributed by atoms with Crippen molar-refractivity contribution >= 4 is 11.4 Å². The lowest BCUT2D eigenvalue weighted by Gasteiger charge is -2.10. The first-order valence-corrected chi connectivity index (χ1v) is 6.47. The molecule has 2 aromatic rings. The highest BCUT2D eigenvalue weighted by molar-refractivity contribution is 6.05. The van der Waals surface area contributed by atoms with Gasteiger partial charge in [-0.25, -0.2) is 0 Å². The van der Waals surface area contributed by atoms with Crippen LogP contribution in [0.15, 0.2) is 53.6 Å². The fourth-order valence-electron chi connectivity index (χ4n) is 2.36. The first-order chi connectivity index (χ1) is 9.24. The summed E-state index contributed by atoms with van der Waals surface area (Å²) in [6.45, 7) is 2.10. The summed E-state index contributed by atoms with van der Waals surface area (Å²) in [6, 6.07) is 16.7. The molecule has 1 unspecified atom stereocenters. The van der Waals surface area contributed by atoms with Gasteiger partial charge < -0.3 is 11.2 Å². The Balaban J connectivity index is 1.80. The Kier molecular flexibility index (Phi) is 2.95. The molecule has 0 amide bonds. The van der Waals surface area contributed by atoms with Gasteiger partial charge in [0.25, 0.3) is 0 Å². The maximum atomic E-state index is 6.00. The highest BCUT2D eigenvalue weighted by Gasteiger charge is 2.21. The lowest BCUT2D eigenvalue weighted by molar-refractivity contribution is 0.620. The third kappa shape index (κ3) is 2.32. The van der Waals surface area contributed by atoms with Gasteiger partial charge in [-0.05, 0) is 18.6 Å². The fraction of sp³-hybridized carbons (Fsp3) is 0.188. The van der Waals surface area contributed by atoms with Crippen LogP contribution in [-0.4, -0.2) is 5.71 Å². The maximum absolute atomic E-state index is 6.00. The molecule has 1 atom stereocenters. The Morgan fingerprint density at radius 1 is 1.11 bits per heavy atom. The number of aryl methyl sites for hydroxylation is 1. The molecule has 3 nitrogen and oxygen atoms in total. The first kappa shape index (κ1) is 11.8. The summed E-state index contributed by atoms with van der Waals surface area (Å²) in [6.07, 6.45) is 0.872. The van der Waals surface area contributed by atoms with Crippen molar-refractivity contribution in [2.75, 3.05) is 5.73 Å². The van der Waals surface area contributed by atoms with Gasteiger partial charge in [-0.1, -0.05) is 48.0 Å². The van der Waals surface area contributed by atoms with E-state index in [0.29, 0.717) is 0 Å². The standard InChI is InChI=1S/C16H17N3/c1-11-6-8-12(9-7-11)15-10-16(19-18-15)13-4-2-3-5-14(13)17/h2-9,15,18H,10,17H2,1H3. The van der Waals surface area contributed by atoms with Crippen molar-refractivity contribution in [3.05, 3.63) is 65.2 Å². The summed E-state index contributed by atoms with van der Waals surface area (Å²) < 4.78 is 0. The van der Waals surface area contributed by atoms with Gasteiger partial charge in [0.1, 0.15) is 0 Å². The summed E-state index contributed by atoms with van der Waals surface area (Å²) in [4.78, 5) is 0. The molecule has 0 aromatic heterocycles. The Morgan fingerprint density at radius 2 is 1.84 bits per heavy atom. The van der Waals surface area contributed by atoms with E-state index in [9.17, 15) is 0 Å². The number of para-hydroxylation sites is 1. The summed E-state index contributed by atoms with van der Waals surface area (Å²) in [5, 5.41) is 4.43. The second kappa shape index (κ2) is 4.76. The van der Waals surface area contributed by atoms with Crippen molar-refractivity contribution < 1.29 is 0 Å². The van der Waals surface area contributed by atoms with Crippen LogP contribution in [0.25, 0.3) is 0 Å². The van der Waals surface area contributed by atoms with Crippen molar-refractivity contribution in [1.29, 1.82) is 0 Å². The molecule has 96 valence electrons. The van der Waals surface area contributed by atoms with E-state index in [1.54, 1.807) is 0 Å². The van der Waals surface area contributed by atoms with Gasteiger partial charge in [0.15, 0.2) is 0 Å². The number of nitrogens with one attached hydrogen (secondary N) is 1. The number of nitrogens with zero attached hydrogens (tertiary/aromatic N) is 1. The van der Waals surface area contributed by atoms with Gasteiger partial charge in [0, 0.05) is 17.7 Å². The van der Waals surface area contributed by atoms with Crippen molar-refractivity contribution in [1.82, 2.24) is 5.43 Å². The number of hydrazone groups is 1. The van der Waals surface area contributed by atoms with Crippen LogP contribution in [0.1, 0.15) is 29.2 Å². The Bertz CT molecular complexity index is 614. The second-order valence-corrected chi connectivity index (χ2v) is 4.94. The third-order valence-electron chi connectivity index (χ3n) is 3.50. The van der Waals surface area contributed by atoms with Crippen LogP contribution in [-0.2, 0) is 0 Å². The molecule has 1 heterocycles. The smallest absolute Gasteiger partial charge is 0.0745 e. The zero-order valence-corrected chi connectivity index (χ0v) is 10.9. The summed E-state index contributed by atoms with van der Waals surface area (Å²) in [7, 11) is 0. The lowest BCUT2D eigenvalue weighted by Crippen LogP contribution is -2.10. The predicted octanol–water partition coefficient (Wildman–Crippen LogP) is 3.02. The highest BCUT2D eigenvalue weighted by atomic mass is 15.3. The van der Waals surface area contributed by atoms with Gasteiger partial charge >= 0.3 is 0 Å². The SMILES string of the molecule is Cc1ccc(C2CC(c3ccccc3N)=NN2)cc1. The number of nitrogen functional groups attached to an aromatic ring is 1. The molecule has 0 spiro atoms. The predicted molar refractivity (Wildman–Crippen MR) is 79.1 cm³/mol. The average molecular weight is 251 g/mol. The third-order valence-corrected chi connectivity index (χ3v) is 3.50. The molecule has 0 bridgehead atoms. The van der Waals surface area contributed by atoms with E-state index in [0.717, 1.165) is 23.4 Å². The Labute approximate surface area is 113 Å². The quantitative estimate of drug-likeness (QED) is 0.806. The highest BCUT2D eigenvalue weighted by Crippen LogP contribution is 2.26. The molecule has 0 radical (unpaired) electrons. The normalized spacial score (nSPS) is 17.9. The average Bonchev–Trinajstić information content (AvgIpc) is 2.89. The molecular weight excluding hydrogens is 234 g/mol. The molecule has 1 aliphatic heterocycles. The molecule has 0 aliphatic carbocycles. The van der Waals surface area contributed by atoms with Crippen molar-refractivity contribution in [3.8, 4) is 0 Å². The monoisotopic (exact) mass is 251 g/mol. The van der Waals surface area contributed by atoms with Crippen LogP contribution < -0.4 is 11.2 Å². The molecule has 3 N–H and O–H groups in total. The number of benzene rings is 2. The van der Waals surface area contributed by atoms with E-state index in [1.807, 2.05) is 24.3 Å². The van der Waals surface area contributed by atoms with E-state index in [1.165, 1.54) is 11.1 Å². The van der Waals surface area contributed by atoms with Crippen LogP contribution >= 0.6 is 0 Å². The van der Waals surface area contributed by atoms with Crippen LogP contribution in [0.3, 0.4) is 0 Å². The molecule has 3 heteroatoms. The van der Waals surface area contributed by atoms with E-state index in [4.69, 9.17) is 5.73 Å². The summed E-state index contributed by atoms with van der Waals surface area (Å²) >= 11 is 0. The van der Waals surface area contributed by atoms with Crippen molar-refractivity contribution in [2.45, 2.75) is 19.4 Å². The van der Waals surface area contributed by atoms with E-state index in [-0.39, 0.29) is 6.04 Å². The Hall–Kier alpha value is -2.29. The van der Waals surface area contributed by atoms with Gasteiger partial charge in [-0.3, -0.25) is 0 Å². The minimum atomic E-state index is 0.246. The van der Waals surface area contributed by atoms with Crippen LogP contribution in [0.5, 0.6) is 0 Å². The van der Waals surface area contributed by atoms with Crippen molar-refractivity contribution in [2.24, 2.45) is 5.10 Å². The van der Waals surface area contributed by atoms with E-state index >= 15 is 0 Å². The summed E-state index contributed by atoms with van der Waals surface area (Å²) in [5.74, 6) is 0. The molecule has 0 saturated heterocycles. The van der Waals surface area contributed by atoms with Gasteiger partial charge in [0.05, 0.1) is 11.8 Å². The second-order valence-electron chi connectivity index (χ2n) is 4.94. The van der Waals surface area contributed by atoms with Crippen LogP contribution in [0.4, 0.5) is 5.69 Å². The minimum Gasteiger partial charge on any atom is -0.398 e. The molecule has 3 rings (SSSR count). The van der Waals surface area contributed by atoms with Crippen LogP contribution in [0, 0.1) is 6.92 Å². The van der Waals surface area contributed by atoms with Gasteiger partial charge in [0.2, 0.25) is 0 Å². The molecule has 2 aromatic carbocycles. The zero-order valence-electron chi connectivity index (χ0n) is 10.9. The molecule has 1 aliphatic rings. The van der Waals surface area contributed by atoms with Gasteiger partial charge in [-0.15, -0.1) is 0 Å². The zero-order chi connectivity index (χ0) is 13.2. The Morgan fingerprint density at radius 3 is 2.58 bits per heavy atom. The number of hydrogen-bond donors (Lipinski definition) is 2. The van der Waals surface area contributed by atoms with Gasteiger partial charge in [-0.2, -0.15) is 5.10 Å². The largest absolute Gasteiger partial charge is 0.398 e. The minimum absolute atomic E-state index is 0.246. The van der Waals surface area contributed by atoms with Crippen LogP contribution in [0.2, 0.25) is 0 Å². The molecule has 0 saturated carbocycles. The fourth-order valence-corrected chi connectivity index (χ4v) is 2.36. The van der Waals surface area contributed by atoms with E-state index in [2.05, 4.69) is 41.7 Å². The molecule has 19 heavy (non-hydrogen) atoms. The number of nitrogens with two attached hydrogens (primary N) is 1. The van der Waals surface area contributed by atoms with Crippen molar-refractivity contribution in [3.63, 3.8) is 0 Å². The topological polar surface area (TPSA) is 50.4 Å². The molecular formula is C16H17N3. The first-order valence-electron chi connectivity index (χ1n) is 6.47. The number of rotatable bonds is 2. The number of hydrogen-bond acceptors (Lipinski definition) is 3. The lowest BCUT2D eigenvalue weighted by atomic mass is 9.98.